The molecule has 4 rings (SSSR count). The molecule has 0 saturated heterocycles. The SMILES string of the molecule is Cc1ccc(CC2(O)c3cccc4cccc(c34)C(=O)N2CCO)cc1. The maximum atomic E-state index is 13.1. The Kier molecular flexibility index (Phi) is 4.02. The molecule has 0 bridgehead atoms. The summed E-state index contributed by atoms with van der Waals surface area (Å²) in [4.78, 5) is 14.5. The Bertz CT molecular complexity index is 975. The fourth-order valence-corrected chi connectivity index (χ4v) is 3.88. The van der Waals surface area contributed by atoms with Crippen molar-refractivity contribution in [1.29, 1.82) is 0 Å². The average molecular weight is 347 g/mol. The van der Waals surface area contributed by atoms with Crippen LogP contribution in [0.1, 0.15) is 27.0 Å². The number of nitrogens with zero attached hydrogens (tertiary/aromatic N) is 1. The van der Waals surface area contributed by atoms with Gasteiger partial charge in [-0.05, 0) is 23.9 Å². The van der Waals surface area contributed by atoms with Crippen molar-refractivity contribution in [3.8, 4) is 0 Å². The molecule has 1 aliphatic rings. The lowest BCUT2D eigenvalue weighted by molar-refractivity contribution is -0.0986. The van der Waals surface area contributed by atoms with E-state index < -0.39 is 5.72 Å². The van der Waals surface area contributed by atoms with E-state index in [2.05, 4.69) is 0 Å². The lowest BCUT2D eigenvalue weighted by atomic mass is 9.83. The second kappa shape index (κ2) is 6.24. The fourth-order valence-electron chi connectivity index (χ4n) is 3.88. The van der Waals surface area contributed by atoms with Crippen LogP contribution in [0.15, 0.2) is 60.7 Å². The monoisotopic (exact) mass is 347 g/mol. The van der Waals surface area contributed by atoms with Crippen LogP contribution in [0.25, 0.3) is 10.8 Å². The summed E-state index contributed by atoms with van der Waals surface area (Å²) in [6, 6.07) is 19.2. The van der Waals surface area contributed by atoms with Gasteiger partial charge in [0.1, 0.15) is 0 Å². The minimum absolute atomic E-state index is 0.0753. The number of hydrogen-bond donors (Lipinski definition) is 2. The van der Waals surface area contributed by atoms with Crippen LogP contribution in [0, 0.1) is 6.92 Å². The second-order valence-corrected chi connectivity index (χ2v) is 6.87. The quantitative estimate of drug-likeness (QED) is 0.763. The molecular weight excluding hydrogens is 326 g/mol. The Balaban J connectivity index is 1.93. The predicted molar refractivity (Wildman–Crippen MR) is 101 cm³/mol. The Labute approximate surface area is 152 Å². The molecule has 3 aromatic rings. The minimum Gasteiger partial charge on any atom is -0.395 e. The Morgan fingerprint density at radius 1 is 1.00 bits per heavy atom. The van der Waals surface area contributed by atoms with Crippen molar-refractivity contribution in [2.24, 2.45) is 0 Å². The molecule has 0 spiro atoms. The minimum atomic E-state index is -1.50. The van der Waals surface area contributed by atoms with Crippen LogP contribution in [-0.4, -0.2) is 34.2 Å². The van der Waals surface area contributed by atoms with E-state index >= 15 is 0 Å². The van der Waals surface area contributed by atoms with Gasteiger partial charge in [0.15, 0.2) is 5.72 Å². The molecule has 0 radical (unpaired) electrons. The first-order chi connectivity index (χ1) is 12.5. The largest absolute Gasteiger partial charge is 0.395 e. The molecule has 132 valence electrons. The first-order valence-corrected chi connectivity index (χ1v) is 8.77. The van der Waals surface area contributed by atoms with Gasteiger partial charge in [-0.3, -0.25) is 4.79 Å². The third-order valence-electron chi connectivity index (χ3n) is 5.15. The first kappa shape index (κ1) is 16.8. The normalized spacial score (nSPS) is 19.2. The van der Waals surface area contributed by atoms with Crippen molar-refractivity contribution >= 4 is 16.7 Å². The van der Waals surface area contributed by atoms with Crippen LogP contribution in [0.2, 0.25) is 0 Å². The highest BCUT2D eigenvalue weighted by Gasteiger charge is 2.45. The molecule has 1 atom stereocenters. The molecule has 1 heterocycles. The van der Waals surface area contributed by atoms with Gasteiger partial charge in [-0.25, -0.2) is 0 Å². The zero-order valence-electron chi connectivity index (χ0n) is 14.6. The number of aryl methyl sites for hydroxylation is 1. The molecule has 0 fully saturated rings. The number of carbonyl (C=O) groups excluding carboxylic acids is 1. The maximum Gasteiger partial charge on any atom is 0.257 e. The van der Waals surface area contributed by atoms with Crippen molar-refractivity contribution in [2.75, 3.05) is 13.2 Å². The summed E-state index contributed by atoms with van der Waals surface area (Å²) in [5, 5.41) is 22.9. The number of benzene rings is 3. The number of aliphatic hydroxyl groups excluding tert-OH is 1. The lowest BCUT2D eigenvalue weighted by Gasteiger charge is -2.44. The Morgan fingerprint density at radius 3 is 2.38 bits per heavy atom. The second-order valence-electron chi connectivity index (χ2n) is 6.87. The number of rotatable bonds is 4. The van der Waals surface area contributed by atoms with E-state index in [9.17, 15) is 15.0 Å². The molecule has 0 aromatic heterocycles. The van der Waals surface area contributed by atoms with Gasteiger partial charge in [0.25, 0.3) is 5.91 Å². The standard InChI is InChI=1S/C22H21NO3/c1-15-8-10-16(11-9-15)14-22(26)19-7-3-5-17-4-2-6-18(20(17)19)21(25)23(22)12-13-24/h2-11,24,26H,12-14H2,1H3. The van der Waals surface area contributed by atoms with Crippen molar-refractivity contribution in [2.45, 2.75) is 19.1 Å². The van der Waals surface area contributed by atoms with E-state index in [1.54, 1.807) is 6.07 Å². The highest BCUT2D eigenvalue weighted by atomic mass is 16.3. The molecule has 1 amide bonds. The van der Waals surface area contributed by atoms with E-state index in [4.69, 9.17) is 0 Å². The van der Waals surface area contributed by atoms with Crippen LogP contribution in [-0.2, 0) is 12.1 Å². The van der Waals surface area contributed by atoms with E-state index in [0.29, 0.717) is 11.1 Å². The van der Waals surface area contributed by atoms with Crippen LogP contribution < -0.4 is 0 Å². The van der Waals surface area contributed by atoms with Gasteiger partial charge >= 0.3 is 0 Å². The summed E-state index contributed by atoms with van der Waals surface area (Å²) in [5.41, 5.74) is 1.85. The topological polar surface area (TPSA) is 60.8 Å². The van der Waals surface area contributed by atoms with Crippen LogP contribution in [0.4, 0.5) is 0 Å². The first-order valence-electron chi connectivity index (χ1n) is 8.77. The molecule has 0 aliphatic carbocycles. The molecular formula is C22H21NO3. The number of β-amino-alcohol motifs (C(OH)–C–C–N with tert-alkyl or cyclic N) is 1. The van der Waals surface area contributed by atoms with Crippen molar-refractivity contribution < 1.29 is 15.0 Å². The summed E-state index contributed by atoms with van der Waals surface area (Å²) < 4.78 is 0. The molecule has 1 unspecified atom stereocenters. The Morgan fingerprint density at radius 2 is 1.69 bits per heavy atom. The zero-order valence-corrected chi connectivity index (χ0v) is 14.6. The lowest BCUT2D eigenvalue weighted by Crippen LogP contribution is -2.54. The molecule has 0 saturated carbocycles. The number of carbonyl (C=O) groups is 1. The Hall–Kier alpha value is -2.69. The van der Waals surface area contributed by atoms with E-state index in [1.165, 1.54) is 4.90 Å². The fraction of sp³-hybridized carbons (Fsp3) is 0.227. The van der Waals surface area contributed by atoms with Crippen molar-refractivity contribution in [3.63, 3.8) is 0 Å². The van der Waals surface area contributed by atoms with Gasteiger partial charge in [0, 0.05) is 29.5 Å². The summed E-state index contributed by atoms with van der Waals surface area (Å²) >= 11 is 0. The van der Waals surface area contributed by atoms with E-state index in [-0.39, 0.29) is 25.5 Å². The van der Waals surface area contributed by atoms with Crippen LogP contribution in [0.5, 0.6) is 0 Å². The van der Waals surface area contributed by atoms with Gasteiger partial charge in [0.05, 0.1) is 6.61 Å². The van der Waals surface area contributed by atoms with Crippen LogP contribution >= 0.6 is 0 Å². The van der Waals surface area contributed by atoms with Gasteiger partial charge in [-0.1, -0.05) is 60.2 Å². The highest BCUT2D eigenvalue weighted by molar-refractivity contribution is 6.10. The third kappa shape index (κ3) is 2.50. The number of amides is 1. The number of hydrogen-bond acceptors (Lipinski definition) is 3. The molecule has 4 heteroatoms. The van der Waals surface area contributed by atoms with E-state index in [1.807, 2.05) is 61.5 Å². The van der Waals surface area contributed by atoms with Crippen molar-refractivity contribution in [1.82, 2.24) is 4.90 Å². The summed E-state index contributed by atoms with van der Waals surface area (Å²) in [5.74, 6) is -0.252. The van der Waals surface area contributed by atoms with Gasteiger partial charge < -0.3 is 15.1 Å². The van der Waals surface area contributed by atoms with Gasteiger partial charge in [-0.15, -0.1) is 0 Å². The highest BCUT2D eigenvalue weighted by Crippen LogP contribution is 2.41. The van der Waals surface area contributed by atoms with Gasteiger partial charge in [-0.2, -0.15) is 0 Å². The molecule has 3 aromatic carbocycles. The summed E-state index contributed by atoms with van der Waals surface area (Å²) in [6.45, 7) is 1.88. The molecule has 4 nitrogen and oxygen atoms in total. The predicted octanol–water partition coefficient (Wildman–Crippen LogP) is 2.98. The van der Waals surface area contributed by atoms with Crippen molar-refractivity contribution in [3.05, 3.63) is 82.9 Å². The smallest absolute Gasteiger partial charge is 0.257 e. The number of aliphatic hydroxyl groups is 2. The summed E-state index contributed by atoms with van der Waals surface area (Å²) in [7, 11) is 0. The van der Waals surface area contributed by atoms with E-state index in [0.717, 1.165) is 21.9 Å². The van der Waals surface area contributed by atoms with Crippen LogP contribution in [0.3, 0.4) is 0 Å². The molecule has 2 N–H and O–H groups in total. The summed E-state index contributed by atoms with van der Waals surface area (Å²) in [6.07, 6.45) is 0.270. The average Bonchev–Trinajstić information content (AvgIpc) is 2.65. The maximum absolute atomic E-state index is 13.1. The zero-order chi connectivity index (χ0) is 18.3. The molecule has 26 heavy (non-hydrogen) atoms. The van der Waals surface area contributed by atoms with Gasteiger partial charge in [0.2, 0.25) is 0 Å². The molecule has 1 aliphatic heterocycles. The third-order valence-corrected chi connectivity index (χ3v) is 5.15.